The third kappa shape index (κ3) is 4.96. The highest BCUT2D eigenvalue weighted by Gasteiger charge is 2.39. The molecule has 1 aliphatic heterocycles. The van der Waals surface area contributed by atoms with E-state index in [9.17, 15) is 31.7 Å². The lowest BCUT2D eigenvalue weighted by atomic mass is 10.2. The molecule has 4 rings (SSSR count). The minimum absolute atomic E-state index is 0.00456. The quantitative estimate of drug-likeness (QED) is 0.357. The molecule has 14 heteroatoms. The molecule has 1 saturated heterocycles. The number of carbonyl (C=O) groups is 1. The number of sulfone groups is 1. The van der Waals surface area contributed by atoms with E-state index in [4.69, 9.17) is 0 Å². The molecule has 1 unspecified atom stereocenters. The van der Waals surface area contributed by atoms with Crippen molar-refractivity contribution in [3.05, 3.63) is 70.4 Å². The van der Waals surface area contributed by atoms with Gasteiger partial charge in [0.1, 0.15) is 10.3 Å². The second-order valence-electron chi connectivity index (χ2n) is 7.81. The molecule has 184 valence electrons. The van der Waals surface area contributed by atoms with Gasteiger partial charge in [0.2, 0.25) is 25.8 Å². The van der Waals surface area contributed by atoms with Gasteiger partial charge in [-0.1, -0.05) is 29.0 Å². The molecule has 0 radical (unpaired) electrons. The average Bonchev–Trinajstić information content (AvgIpc) is 3.50. The number of thiazole rings is 1. The number of amides is 1. The highest BCUT2D eigenvalue weighted by atomic mass is 32.2. The fraction of sp³-hybridized carbons (Fsp3) is 0.238. The lowest BCUT2D eigenvalue weighted by molar-refractivity contribution is -0.384. The van der Waals surface area contributed by atoms with Crippen LogP contribution in [-0.4, -0.2) is 49.5 Å². The van der Waals surface area contributed by atoms with Gasteiger partial charge >= 0.3 is 0 Å². The minimum Gasteiger partial charge on any atom is -0.301 e. The van der Waals surface area contributed by atoms with Gasteiger partial charge in [-0.3, -0.25) is 14.9 Å². The van der Waals surface area contributed by atoms with E-state index in [2.05, 4.69) is 10.3 Å². The van der Waals surface area contributed by atoms with E-state index >= 15 is 0 Å². The SMILES string of the molecule is Cc1ccc(S(=O)(=O)N2CCCC2C(=O)Nc2ncc(S(=O)(=O)c3ccc([N+](=O)[O-])cc3)s2)cc1. The number of benzene rings is 2. The molecule has 1 fully saturated rings. The van der Waals surface area contributed by atoms with Gasteiger partial charge in [0.05, 0.1) is 20.9 Å². The molecule has 2 heterocycles. The molecule has 11 nitrogen and oxygen atoms in total. The van der Waals surface area contributed by atoms with Crippen molar-refractivity contribution in [2.24, 2.45) is 0 Å². The number of hydrogen-bond donors (Lipinski definition) is 1. The Bertz CT molecular complexity index is 1480. The molecular formula is C21H20N4O7S3. The zero-order valence-corrected chi connectivity index (χ0v) is 20.8. The van der Waals surface area contributed by atoms with Gasteiger partial charge in [0, 0.05) is 18.7 Å². The van der Waals surface area contributed by atoms with Crippen molar-refractivity contribution in [3.63, 3.8) is 0 Å². The highest BCUT2D eigenvalue weighted by molar-refractivity contribution is 7.93. The van der Waals surface area contributed by atoms with Crippen LogP contribution in [0.2, 0.25) is 0 Å². The predicted octanol–water partition coefficient (Wildman–Crippen LogP) is 2.98. The molecule has 1 aromatic heterocycles. The fourth-order valence-corrected chi connectivity index (χ4v) is 7.72. The first-order chi connectivity index (χ1) is 16.5. The van der Waals surface area contributed by atoms with Crippen LogP contribution >= 0.6 is 11.3 Å². The van der Waals surface area contributed by atoms with Crippen LogP contribution in [-0.2, 0) is 24.7 Å². The summed E-state index contributed by atoms with van der Waals surface area (Å²) in [5.74, 6) is -0.605. The Morgan fingerprint density at radius 3 is 2.34 bits per heavy atom. The number of nitro groups is 1. The number of aryl methyl sites for hydroxylation is 1. The van der Waals surface area contributed by atoms with Crippen LogP contribution < -0.4 is 5.32 Å². The summed E-state index contributed by atoms with van der Waals surface area (Å²) in [6.45, 7) is 2.03. The van der Waals surface area contributed by atoms with Crippen LogP contribution in [0.1, 0.15) is 18.4 Å². The van der Waals surface area contributed by atoms with Crippen molar-refractivity contribution in [1.82, 2.24) is 9.29 Å². The van der Waals surface area contributed by atoms with Crippen molar-refractivity contribution in [2.75, 3.05) is 11.9 Å². The molecule has 0 aliphatic carbocycles. The van der Waals surface area contributed by atoms with Gasteiger partial charge < -0.3 is 5.32 Å². The van der Waals surface area contributed by atoms with Crippen molar-refractivity contribution >= 4 is 47.9 Å². The van der Waals surface area contributed by atoms with E-state index < -0.39 is 36.7 Å². The second-order valence-corrected chi connectivity index (χ2v) is 12.9. The molecule has 35 heavy (non-hydrogen) atoms. The maximum atomic E-state index is 13.1. The third-order valence-electron chi connectivity index (χ3n) is 5.47. The van der Waals surface area contributed by atoms with Crippen LogP contribution in [0.3, 0.4) is 0 Å². The number of hydrogen-bond acceptors (Lipinski definition) is 9. The van der Waals surface area contributed by atoms with Crippen LogP contribution in [0.15, 0.2) is 68.7 Å². The fourth-order valence-electron chi connectivity index (χ4n) is 3.63. The largest absolute Gasteiger partial charge is 0.301 e. The first kappa shape index (κ1) is 24.9. The van der Waals surface area contributed by atoms with Gasteiger partial charge in [-0.15, -0.1) is 0 Å². The van der Waals surface area contributed by atoms with Crippen molar-refractivity contribution < 1.29 is 26.6 Å². The average molecular weight is 537 g/mol. The number of non-ortho nitro benzene ring substituents is 1. The molecule has 1 aliphatic rings. The first-order valence-corrected chi connectivity index (χ1v) is 14.1. The number of nitro benzene ring substituents is 1. The molecule has 1 N–H and O–H groups in total. The van der Waals surface area contributed by atoms with E-state index in [0.717, 1.165) is 40.3 Å². The lowest BCUT2D eigenvalue weighted by Gasteiger charge is -2.23. The topological polar surface area (TPSA) is 157 Å². The Morgan fingerprint density at radius 1 is 1.09 bits per heavy atom. The summed E-state index contributed by atoms with van der Waals surface area (Å²) in [6, 6.07) is 9.80. The zero-order chi connectivity index (χ0) is 25.4. The Labute approximate surface area is 205 Å². The third-order valence-corrected chi connectivity index (χ3v) is 10.5. The molecular weight excluding hydrogens is 516 g/mol. The van der Waals surface area contributed by atoms with Gasteiger partial charge in [-0.05, 0) is 44.0 Å². The predicted molar refractivity (Wildman–Crippen MR) is 127 cm³/mol. The first-order valence-electron chi connectivity index (χ1n) is 10.3. The Hall–Kier alpha value is -3.20. The summed E-state index contributed by atoms with van der Waals surface area (Å²) < 4.78 is 52.8. The molecule has 0 saturated carbocycles. The monoisotopic (exact) mass is 536 g/mol. The molecule has 0 spiro atoms. The Balaban J connectivity index is 1.51. The maximum absolute atomic E-state index is 13.1. The number of aromatic nitrogens is 1. The van der Waals surface area contributed by atoms with E-state index in [0.29, 0.717) is 24.2 Å². The highest BCUT2D eigenvalue weighted by Crippen LogP contribution is 2.31. The lowest BCUT2D eigenvalue weighted by Crippen LogP contribution is -2.43. The molecule has 1 atom stereocenters. The summed E-state index contributed by atoms with van der Waals surface area (Å²) in [5, 5.41) is 13.3. The van der Waals surface area contributed by atoms with Crippen molar-refractivity contribution in [1.29, 1.82) is 0 Å². The summed E-state index contributed by atoms with van der Waals surface area (Å²) >= 11 is 0.706. The number of sulfonamides is 1. The number of nitrogens with one attached hydrogen (secondary N) is 1. The van der Waals surface area contributed by atoms with Crippen LogP contribution in [0.25, 0.3) is 0 Å². The van der Waals surface area contributed by atoms with Gasteiger partial charge in [-0.2, -0.15) is 4.31 Å². The van der Waals surface area contributed by atoms with Crippen LogP contribution in [0.5, 0.6) is 0 Å². The molecule has 3 aromatic rings. The summed E-state index contributed by atoms with van der Waals surface area (Å²) in [6.07, 6.45) is 1.89. The van der Waals surface area contributed by atoms with Crippen LogP contribution in [0, 0.1) is 17.0 Å². The summed E-state index contributed by atoms with van der Waals surface area (Å²) in [4.78, 5) is 27.0. The number of rotatable bonds is 7. The maximum Gasteiger partial charge on any atom is 0.269 e. The molecule has 0 bridgehead atoms. The smallest absolute Gasteiger partial charge is 0.269 e. The van der Waals surface area contributed by atoms with Gasteiger partial charge in [0.15, 0.2) is 5.13 Å². The minimum atomic E-state index is -4.01. The van der Waals surface area contributed by atoms with Crippen LogP contribution in [0.4, 0.5) is 10.8 Å². The Morgan fingerprint density at radius 2 is 1.71 bits per heavy atom. The van der Waals surface area contributed by atoms with Gasteiger partial charge in [-0.25, -0.2) is 21.8 Å². The number of nitrogens with zero attached hydrogens (tertiary/aromatic N) is 3. The number of anilines is 1. The van der Waals surface area contributed by atoms with E-state index in [1.807, 2.05) is 6.92 Å². The van der Waals surface area contributed by atoms with E-state index in [1.165, 1.54) is 12.1 Å². The summed E-state index contributed by atoms with van der Waals surface area (Å²) in [7, 11) is -7.91. The van der Waals surface area contributed by atoms with Gasteiger partial charge in [0.25, 0.3) is 5.69 Å². The normalized spacial score (nSPS) is 16.8. The van der Waals surface area contributed by atoms with Crippen molar-refractivity contribution in [2.45, 2.75) is 39.8 Å². The zero-order valence-electron chi connectivity index (χ0n) is 18.3. The van der Waals surface area contributed by atoms with E-state index in [1.54, 1.807) is 12.1 Å². The molecule has 1 amide bonds. The molecule has 2 aromatic carbocycles. The van der Waals surface area contributed by atoms with E-state index in [-0.39, 0.29) is 31.4 Å². The van der Waals surface area contributed by atoms with Crippen molar-refractivity contribution in [3.8, 4) is 0 Å². The number of carbonyl (C=O) groups excluding carboxylic acids is 1. The Kier molecular flexibility index (Phi) is 6.73. The second kappa shape index (κ2) is 9.45. The standard InChI is InChI=1S/C21H20N4O7S3/c1-14-4-8-17(9-5-14)35(31,32)24-12-2-3-18(24)20(26)23-21-22-13-19(33-21)34(29,30)16-10-6-15(7-11-16)25(27)28/h4-11,13,18H,2-3,12H2,1H3,(H,22,23,26). The summed E-state index contributed by atoms with van der Waals surface area (Å²) in [5.41, 5.74) is 0.658.